The highest BCUT2D eigenvalue weighted by molar-refractivity contribution is 7.76. The number of hydrogen-bond acceptors (Lipinski definition) is 3. The van der Waals surface area contributed by atoms with E-state index >= 15 is 0 Å². The van der Waals surface area contributed by atoms with Gasteiger partial charge in [-0.3, -0.25) is 8.86 Å². The van der Waals surface area contributed by atoms with Crippen LogP contribution in [0.1, 0.15) is 33.1 Å². The largest absolute Gasteiger partial charge is 0.382 e. The molecule has 0 saturated heterocycles. The predicted molar refractivity (Wildman–Crippen MR) is 82.6 cm³/mol. The van der Waals surface area contributed by atoms with E-state index in [1.165, 1.54) is 4.31 Å². The van der Waals surface area contributed by atoms with Gasteiger partial charge in [0.2, 0.25) is 0 Å². The van der Waals surface area contributed by atoms with Crippen LogP contribution in [0.4, 0.5) is 0 Å². The van der Waals surface area contributed by atoms with Crippen molar-refractivity contribution < 1.29 is 18.2 Å². The lowest BCUT2D eigenvalue weighted by Crippen LogP contribution is -2.31. The molecule has 1 N–H and O–H groups in total. The highest BCUT2D eigenvalue weighted by Crippen LogP contribution is 2.09. The van der Waals surface area contributed by atoms with E-state index in [9.17, 15) is 8.76 Å². The molecule has 0 radical (unpaired) electrons. The molecule has 0 fully saturated rings. The van der Waals surface area contributed by atoms with Crippen molar-refractivity contribution in [2.24, 2.45) is 0 Å². The van der Waals surface area contributed by atoms with Gasteiger partial charge in [0.25, 0.3) is 11.3 Å². The minimum Gasteiger partial charge on any atom is -0.382 e. The van der Waals surface area contributed by atoms with Gasteiger partial charge in [0.1, 0.15) is 0 Å². The molecule has 0 heterocycles. The van der Waals surface area contributed by atoms with Crippen LogP contribution in [0, 0.1) is 0 Å². The molecule has 118 valence electrons. The summed E-state index contributed by atoms with van der Waals surface area (Å²) in [6.07, 6.45) is 7.48. The summed E-state index contributed by atoms with van der Waals surface area (Å²) in [7, 11) is 0. The van der Waals surface area contributed by atoms with Gasteiger partial charge in [0.15, 0.2) is 0 Å². The molecule has 0 aliphatic carbocycles. The molecule has 1 unspecified atom stereocenters. The summed E-state index contributed by atoms with van der Waals surface area (Å²) in [4.78, 5) is 0. The molecule has 0 aromatic carbocycles. The average Bonchev–Trinajstić information content (AvgIpc) is 2.42. The molecule has 5 nitrogen and oxygen atoms in total. The number of unbranched alkanes of at least 4 members (excludes halogenated alkanes) is 1. The lowest BCUT2D eigenvalue weighted by molar-refractivity contribution is 0.0447. The van der Waals surface area contributed by atoms with Crippen molar-refractivity contribution in [3.63, 3.8) is 0 Å². The Morgan fingerprint density at radius 3 is 2.65 bits per heavy atom. The summed E-state index contributed by atoms with van der Waals surface area (Å²) in [5, 5.41) is 0. The Morgan fingerprint density at radius 2 is 2.10 bits per heavy atom. The molecular weight excluding hydrogens is 278 g/mol. The SMILES string of the molecule is C=C/C=C/N(C[C@H](CCCCOCC)OCC)S(=O)O. The van der Waals surface area contributed by atoms with E-state index in [0.29, 0.717) is 13.2 Å². The van der Waals surface area contributed by atoms with Crippen molar-refractivity contribution in [2.45, 2.75) is 39.2 Å². The molecule has 0 bridgehead atoms. The molecule has 20 heavy (non-hydrogen) atoms. The summed E-state index contributed by atoms with van der Waals surface area (Å²) in [6.45, 7) is 9.91. The molecule has 0 saturated carbocycles. The molecule has 0 aromatic rings. The van der Waals surface area contributed by atoms with Crippen molar-refractivity contribution in [1.29, 1.82) is 0 Å². The molecule has 0 aliphatic rings. The smallest absolute Gasteiger partial charge is 0.261 e. The number of rotatable bonds is 13. The first kappa shape index (κ1) is 19.3. The highest BCUT2D eigenvalue weighted by atomic mass is 32.2. The minimum atomic E-state index is -2.05. The van der Waals surface area contributed by atoms with Gasteiger partial charge in [-0.2, -0.15) is 0 Å². The van der Waals surface area contributed by atoms with Crippen molar-refractivity contribution >= 4 is 11.3 Å². The first-order valence-corrected chi connectivity index (χ1v) is 8.08. The van der Waals surface area contributed by atoms with Crippen LogP contribution >= 0.6 is 0 Å². The van der Waals surface area contributed by atoms with Crippen LogP contribution in [0.5, 0.6) is 0 Å². The summed E-state index contributed by atoms with van der Waals surface area (Å²) in [5.74, 6) is 0. The monoisotopic (exact) mass is 305 g/mol. The number of allylic oxidation sites excluding steroid dienone is 2. The fourth-order valence-electron chi connectivity index (χ4n) is 1.72. The lowest BCUT2D eigenvalue weighted by atomic mass is 10.1. The van der Waals surface area contributed by atoms with Crippen LogP contribution in [0.15, 0.2) is 24.9 Å². The van der Waals surface area contributed by atoms with Crippen LogP contribution in [-0.4, -0.2) is 45.5 Å². The maximum Gasteiger partial charge on any atom is 0.261 e. The summed E-state index contributed by atoms with van der Waals surface area (Å²) in [6, 6.07) is 0. The first-order chi connectivity index (χ1) is 9.65. The Morgan fingerprint density at radius 1 is 1.35 bits per heavy atom. The Balaban J connectivity index is 4.23. The van der Waals surface area contributed by atoms with Crippen LogP contribution < -0.4 is 0 Å². The second-order valence-corrected chi connectivity index (χ2v) is 5.11. The Kier molecular flexibility index (Phi) is 12.8. The third kappa shape index (κ3) is 10.1. The lowest BCUT2D eigenvalue weighted by Gasteiger charge is -2.23. The van der Waals surface area contributed by atoms with E-state index in [0.717, 1.165) is 32.5 Å². The van der Waals surface area contributed by atoms with Gasteiger partial charge in [0.05, 0.1) is 12.6 Å². The molecule has 0 spiro atoms. The molecule has 0 aromatic heterocycles. The van der Waals surface area contributed by atoms with Gasteiger partial charge < -0.3 is 9.47 Å². The quantitative estimate of drug-likeness (QED) is 0.323. The molecule has 0 aliphatic heterocycles. The summed E-state index contributed by atoms with van der Waals surface area (Å²) in [5.41, 5.74) is 0. The van der Waals surface area contributed by atoms with Crippen LogP contribution in [-0.2, 0) is 20.7 Å². The summed E-state index contributed by atoms with van der Waals surface area (Å²) >= 11 is -2.05. The Bertz CT molecular complexity index is 297. The molecule has 2 atom stereocenters. The van der Waals surface area contributed by atoms with Gasteiger partial charge in [-0.25, -0.2) is 4.21 Å². The Hall–Kier alpha value is -0.690. The van der Waals surface area contributed by atoms with Gasteiger partial charge in [-0.1, -0.05) is 12.7 Å². The van der Waals surface area contributed by atoms with Crippen molar-refractivity contribution in [2.75, 3.05) is 26.4 Å². The van der Waals surface area contributed by atoms with Gasteiger partial charge in [0, 0.05) is 26.0 Å². The minimum absolute atomic E-state index is 0.0628. The van der Waals surface area contributed by atoms with E-state index in [1.54, 1.807) is 18.4 Å². The summed E-state index contributed by atoms with van der Waals surface area (Å²) < 4.78 is 32.7. The van der Waals surface area contributed by atoms with Crippen LogP contribution in [0.3, 0.4) is 0 Å². The number of ether oxygens (including phenoxy) is 2. The van der Waals surface area contributed by atoms with Crippen molar-refractivity contribution in [3.05, 3.63) is 24.9 Å². The fraction of sp³-hybridized carbons (Fsp3) is 0.714. The highest BCUT2D eigenvalue weighted by Gasteiger charge is 2.15. The average molecular weight is 305 g/mol. The number of nitrogens with zero attached hydrogens (tertiary/aromatic N) is 1. The topological polar surface area (TPSA) is 59.0 Å². The molecular formula is C14H27NO4S. The first-order valence-electron chi connectivity index (χ1n) is 7.01. The third-order valence-electron chi connectivity index (χ3n) is 2.64. The standard InChI is InChI=1S/C14H27NO4S/c1-4-7-11-15(20(16)17)13-14(19-6-3)10-8-9-12-18-5-2/h4,7,11,14H,1,5-6,8-10,12-13H2,2-3H3,(H,16,17)/b11-7+/t14-/m0/s1. The normalized spacial score (nSPS) is 14.3. The number of hydrogen-bond donors (Lipinski definition) is 1. The third-order valence-corrected chi connectivity index (χ3v) is 3.32. The van der Waals surface area contributed by atoms with E-state index < -0.39 is 11.3 Å². The zero-order valence-corrected chi connectivity index (χ0v) is 13.3. The van der Waals surface area contributed by atoms with E-state index in [4.69, 9.17) is 9.47 Å². The maximum atomic E-state index is 11.2. The van der Waals surface area contributed by atoms with Crippen molar-refractivity contribution in [1.82, 2.24) is 4.31 Å². The zero-order valence-electron chi connectivity index (χ0n) is 12.5. The maximum absolute atomic E-state index is 11.2. The van der Waals surface area contributed by atoms with Gasteiger partial charge >= 0.3 is 0 Å². The van der Waals surface area contributed by atoms with Crippen LogP contribution in [0.2, 0.25) is 0 Å². The predicted octanol–water partition coefficient (Wildman–Crippen LogP) is 2.74. The molecule has 6 heteroatoms. The zero-order chi connectivity index (χ0) is 15.2. The second kappa shape index (κ2) is 13.3. The molecule has 0 rings (SSSR count). The Labute approximate surface area is 125 Å². The van der Waals surface area contributed by atoms with Crippen LogP contribution in [0.25, 0.3) is 0 Å². The van der Waals surface area contributed by atoms with Gasteiger partial charge in [-0.05, 0) is 39.2 Å². The van der Waals surface area contributed by atoms with Gasteiger partial charge in [-0.15, -0.1) is 0 Å². The molecule has 0 amide bonds. The van der Waals surface area contributed by atoms with E-state index in [1.807, 2.05) is 13.8 Å². The van der Waals surface area contributed by atoms with Crippen molar-refractivity contribution in [3.8, 4) is 0 Å². The van der Waals surface area contributed by atoms with E-state index in [2.05, 4.69) is 6.58 Å². The van der Waals surface area contributed by atoms with E-state index in [-0.39, 0.29) is 6.10 Å². The fourth-order valence-corrected chi connectivity index (χ4v) is 2.19. The second-order valence-electron chi connectivity index (χ2n) is 4.18.